The van der Waals surface area contributed by atoms with E-state index in [-0.39, 0.29) is 13.0 Å². The van der Waals surface area contributed by atoms with Gasteiger partial charge in [0, 0.05) is 0 Å². The lowest BCUT2D eigenvalue weighted by molar-refractivity contribution is 0.372. The number of hydrogen-bond acceptors (Lipinski definition) is 51. The van der Waals surface area contributed by atoms with Gasteiger partial charge in [-0.1, -0.05) is 0 Å². The van der Waals surface area contributed by atoms with Crippen molar-refractivity contribution in [3.05, 3.63) is 0 Å². The molecule has 0 aliphatic rings. The summed E-state index contributed by atoms with van der Waals surface area (Å²) < 4.78 is 600. The lowest BCUT2D eigenvalue weighted by Gasteiger charge is -2.24. The summed E-state index contributed by atoms with van der Waals surface area (Å²) in [4.78, 5) is 18.6. The molecule has 3 N–H and O–H groups in total. The summed E-state index contributed by atoms with van der Waals surface area (Å²) >= 11 is 0. The molecule has 0 aliphatic heterocycles. The SMILES string of the molecule is CNCCC[Si](C)(O[Si](=O)[Si](=O)[Si](=O)[Si](=O)[Si](=O)[Si](=O)[Si](=O)[Si](=O)[Si](=O)[Si](=O)[Si](=O)[Si](=O)[Si](=O)[Si](=O)[Si](=O)[Si](=O)[Si](=O)[Si](=O)[Si](=O)[Si](=O)[Si](=O)[Si](=O)[Si](=O)[Si](=O)[Si](=O)[Si](=O)[Si](=O)[Si](=O)[Si](=O)[Si](=O)[Si](=O)[Si](=O)[Si](=O)[Si](=O)[Si](=O)[Si](=O)[Si](=O)[Si](=O)[Si]O)[Si](=O)[Si](=O)[Si](=O)[Si](=O)[Si](=O)[Si](=O)[Si](=O)[Si](=O)O[Si](C)(C)O. The molecule has 0 aliphatic carbocycles. The smallest absolute Gasteiger partial charge is 0.533 e. The van der Waals surface area contributed by atoms with Gasteiger partial charge in [0.2, 0.25) is 0 Å². The Bertz CT molecular complexity index is 4790. The molecule has 0 bridgehead atoms. The predicted molar refractivity (Wildman–Crippen MR) is 361 cm³/mol. The fraction of sp³-hybridized carbons (Fsp3) is 1.00. The lowest BCUT2D eigenvalue weighted by Crippen LogP contribution is -2.60. The molecule has 0 heterocycles. The van der Waals surface area contributed by atoms with E-state index in [9.17, 15) is 210 Å². The maximum Gasteiger partial charge on any atom is 0.533 e. The van der Waals surface area contributed by atoms with Gasteiger partial charge in [-0.05, 0) is 45.7 Å². The topological polar surface area (TPSA) is 856 Å². The van der Waals surface area contributed by atoms with Crippen molar-refractivity contribution in [2.75, 3.05) is 13.6 Å². The molecule has 550 valence electrons. The van der Waals surface area contributed by atoms with Crippen molar-refractivity contribution < 1.29 is 223 Å². The fourth-order valence-electron chi connectivity index (χ4n) is 5.94. The second kappa shape index (κ2) is 48.1. The van der Waals surface area contributed by atoms with Crippen molar-refractivity contribution in [3.8, 4) is 0 Å². The first-order chi connectivity index (χ1) is 48.7. The molecule has 51 nitrogen and oxygen atoms in total. The van der Waals surface area contributed by atoms with E-state index in [4.69, 9.17) is 8.91 Å². The minimum atomic E-state index is -4.93. The third kappa shape index (κ3) is 29.1. The minimum absolute atomic E-state index is 0.0285. The maximum atomic E-state index is 13.8. The van der Waals surface area contributed by atoms with E-state index in [1.165, 1.54) is 7.05 Å². The molecule has 0 amide bonds. The zero-order chi connectivity index (χ0) is 84.5. The Balaban J connectivity index is 6.18. The summed E-state index contributed by atoms with van der Waals surface area (Å²) in [6.45, 7) is 2.89. The average Bonchev–Trinajstić information content (AvgIpc) is 0.804. The van der Waals surface area contributed by atoms with E-state index < -0.39 is 388 Å². The van der Waals surface area contributed by atoms with Crippen LogP contribution in [-0.4, -0.2) is 405 Å². The predicted octanol–water partition coefficient (Wildman–Crippen LogP) is -23.1. The van der Waals surface area contributed by atoms with Crippen LogP contribution in [0.2, 0.25) is 25.7 Å². The van der Waals surface area contributed by atoms with Gasteiger partial charge in [-0.3, -0.25) is 0 Å². The van der Waals surface area contributed by atoms with Crippen LogP contribution in [0, 0.1) is 0 Å². The van der Waals surface area contributed by atoms with Gasteiger partial charge in [-0.2, -0.15) is 0 Å². The van der Waals surface area contributed by atoms with Crippen LogP contribution in [0.4, 0.5) is 0 Å². The van der Waals surface area contributed by atoms with Crippen molar-refractivity contribution in [1.29, 1.82) is 0 Å². The van der Waals surface area contributed by atoms with E-state index in [0.717, 1.165) is 19.6 Å². The second-order valence-electron chi connectivity index (χ2n) is 19.3. The van der Waals surface area contributed by atoms with Gasteiger partial charge in [-0.25, -0.2) is 0 Å². The highest BCUT2D eigenvalue weighted by molar-refractivity contribution is 7.86. The summed E-state index contributed by atoms with van der Waals surface area (Å²) in [7, 11) is -222. The molecular weight excluding hydrogens is 2270 g/mol. The van der Waals surface area contributed by atoms with Crippen LogP contribution in [-0.2, 0) is 213 Å². The summed E-state index contributed by atoms with van der Waals surface area (Å²) in [5.41, 5.74) is 0. The Morgan fingerprint density at radius 1 is 0.243 bits per heavy atom. The normalized spacial score (nSPS) is 10.8. The molecule has 2 radical (unpaired) electrons. The number of hydrogen-bond donors (Lipinski definition) is 3. The average molecular weight is 2300 g/mol. The van der Waals surface area contributed by atoms with E-state index >= 15 is 0 Å². The van der Waals surface area contributed by atoms with Gasteiger partial charge < -0.3 is 228 Å². The van der Waals surface area contributed by atoms with Gasteiger partial charge in [0.1, 0.15) is 0 Å². The molecule has 0 fully saturated rings. The molecule has 0 aromatic heterocycles. The Morgan fingerprint density at radius 2 is 0.393 bits per heavy atom. The largest absolute Gasteiger partial charge is 0.574 e. The molecule has 1 unspecified atom stereocenters. The van der Waals surface area contributed by atoms with Gasteiger partial charge in [0.15, 0.2) is 0 Å². The first-order valence-electron chi connectivity index (χ1n) is 25.9. The van der Waals surface area contributed by atoms with E-state index in [1.807, 2.05) is 0 Å². The van der Waals surface area contributed by atoms with Gasteiger partial charge in [0.25, 0.3) is 17.1 Å². The summed E-state index contributed by atoms with van der Waals surface area (Å²) in [5.74, 6) is 0. The Kier molecular flexibility index (Phi) is 48.5. The molecule has 0 aromatic rings. The maximum absolute atomic E-state index is 13.8. The number of nitrogens with one attached hydrogen (secondary N) is 1. The molecule has 0 saturated carbocycles. The van der Waals surface area contributed by atoms with Gasteiger partial charge >= 0.3 is 365 Å². The van der Waals surface area contributed by atoms with Crippen LogP contribution < -0.4 is 5.32 Å². The van der Waals surface area contributed by atoms with Crippen molar-refractivity contribution >= 4 is 382 Å². The van der Waals surface area contributed by atoms with E-state index in [0.29, 0.717) is 0 Å². The molecular formula is C7H21NO50Si49. The first-order valence-corrected chi connectivity index (χ1v) is 143. The minimum Gasteiger partial charge on any atom is -0.574 e. The third-order valence-electron chi connectivity index (χ3n) is 11.4. The van der Waals surface area contributed by atoms with Crippen LogP contribution in [0.5, 0.6) is 0 Å². The Morgan fingerprint density at radius 3 is 0.551 bits per heavy atom. The summed E-state index contributed by atoms with van der Waals surface area (Å²) in [6, 6.07) is -0.554. The molecule has 0 saturated heterocycles. The molecule has 100 heteroatoms. The van der Waals surface area contributed by atoms with Crippen LogP contribution in [0.25, 0.3) is 0 Å². The molecule has 0 aromatic carbocycles. The van der Waals surface area contributed by atoms with Crippen molar-refractivity contribution in [1.82, 2.24) is 5.32 Å². The zero-order valence-electron chi connectivity index (χ0n) is 51.6. The van der Waals surface area contributed by atoms with E-state index in [1.54, 1.807) is 0 Å². The highest BCUT2D eigenvalue weighted by atomic mass is 30.2. The highest BCUT2D eigenvalue weighted by Gasteiger charge is 2.62. The molecule has 107 heavy (non-hydrogen) atoms. The number of rotatable bonds is 54. The monoisotopic (exact) mass is 2290 g/mol. The Hall–Kier alpha value is 0.907. The second-order valence-corrected chi connectivity index (χ2v) is 249. The van der Waals surface area contributed by atoms with Gasteiger partial charge in [0.05, 0.1) is 0 Å². The molecule has 0 spiro atoms. The van der Waals surface area contributed by atoms with Crippen LogP contribution in [0.1, 0.15) is 6.42 Å². The highest BCUT2D eigenvalue weighted by Crippen LogP contribution is 2.15. The van der Waals surface area contributed by atoms with Gasteiger partial charge in [-0.15, -0.1) is 0 Å². The van der Waals surface area contributed by atoms with Crippen molar-refractivity contribution in [2.45, 2.75) is 32.1 Å². The van der Waals surface area contributed by atoms with E-state index in [2.05, 4.69) is 9.43 Å². The standard InChI is InChI=1S/C7H21NO50Si49/c1-8-6-5-7-107(4,105(55)104(54)103(53)102(52)70(20)66(16)63(13)60(10)57-106(2,3)56)58-61(11)64(14)67(17)69(19)72(22)74(24)76(26)78(28)80(30)82(32)84(34)86(36)88(38)90(40)92(42)94(44)96(46)98(48)100(50)101(51)99(49)97(47)95(45)93(43)91(41)89(39)87(37)85(35)83(33)81(31)79(29)77(27)75(25)73(23)71(21)68(18)65(15)62(12)59-9/h8-9,56H,5-7H2,1-4H3. The third-order valence-corrected chi connectivity index (χ3v) is 374. The van der Waals surface area contributed by atoms with Crippen LogP contribution in [0.15, 0.2) is 0 Å². The van der Waals surface area contributed by atoms with Crippen LogP contribution in [0.3, 0.4) is 0 Å². The zero-order valence-corrected chi connectivity index (χ0v) is 101. The summed E-state index contributed by atoms with van der Waals surface area (Å²) in [5, 5.41) is 2.59. The van der Waals surface area contributed by atoms with Crippen molar-refractivity contribution in [3.63, 3.8) is 0 Å². The molecule has 1 atom stereocenters. The fourth-order valence-corrected chi connectivity index (χ4v) is 541. The van der Waals surface area contributed by atoms with Crippen molar-refractivity contribution in [2.24, 2.45) is 0 Å². The lowest BCUT2D eigenvalue weighted by atomic mass is 10.5. The Labute approximate surface area is 648 Å². The molecule has 0 rings (SSSR count). The summed E-state index contributed by atoms with van der Waals surface area (Å²) in [6.07, 6.45) is -0.170. The quantitative estimate of drug-likeness (QED) is 0.0376. The first kappa shape index (κ1) is 108. The van der Waals surface area contributed by atoms with Crippen LogP contribution >= 0.6 is 0 Å².